The number of nitrogens with zero attached hydrogens (tertiary/aromatic N) is 1. The lowest BCUT2D eigenvalue weighted by molar-refractivity contribution is -0.139. The van der Waals surface area contributed by atoms with Crippen molar-refractivity contribution in [3.63, 3.8) is 0 Å². The summed E-state index contributed by atoms with van der Waals surface area (Å²) in [7, 11) is 0. The smallest absolute Gasteiger partial charge is 0.240 e. The van der Waals surface area contributed by atoms with Gasteiger partial charge in [-0.2, -0.15) is 0 Å². The van der Waals surface area contributed by atoms with Crippen molar-refractivity contribution in [3.8, 4) is 0 Å². The molecule has 1 heterocycles. The average Bonchev–Trinajstić information content (AvgIpc) is 2.34. The Labute approximate surface area is 120 Å². The minimum absolute atomic E-state index is 0. The van der Waals surface area contributed by atoms with E-state index in [1.54, 1.807) is 0 Å². The van der Waals surface area contributed by atoms with Crippen molar-refractivity contribution in [2.75, 3.05) is 19.8 Å². The lowest BCUT2D eigenvalue weighted by Gasteiger charge is -2.33. The van der Waals surface area contributed by atoms with Crippen LogP contribution in [0.2, 0.25) is 0 Å². The van der Waals surface area contributed by atoms with Gasteiger partial charge >= 0.3 is 0 Å². The molecule has 1 saturated heterocycles. The van der Waals surface area contributed by atoms with Crippen LogP contribution in [-0.2, 0) is 14.3 Å². The molecule has 1 unspecified atom stereocenters. The molecule has 1 atom stereocenters. The van der Waals surface area contributed by atoms with E-state index < -0.39 is 11.9 Å². The van der Waals surface area contributed by atoms with Crippen molar-refractivity contribution in [3.05, 3.63) is 0 Å². The number of ether oxygens (including phenoxy) is 1. The minimum atomic E-state index is -0.573. The molecule has 1 fully saturated rings. The Balaban J connectivity index is 0.00000324. The van der Waals surface area contributed by atoms with Crippen LogP contribution in [0.25, 0.3) is 0 Å². The van der Waals surface area contributed by atoms with Gasteiger partial charge < -0.3 is 21.1 Å². The Morgan fingerprint density at radius 3 is 2.26 bits per heavy atom. The van der Waals surface area contributed by atoms with E-state index in [0.717, 1.165) is 12.8 Å². The second kappa shape index (κ2) is 8.35. The van der Waals surface area contributed by atoms with Crippen molar-refractivity contribution in [2.24, 2.45) is 17.4 Å². The summed E-state index contributed by atoms with van der Waals surface area (Å²) in [5, 5.41) is 0. The summed E-state index contributed by atoms with van der Waals surface area (Å²) in [6.07, 6.45) is 1.57. The van der Waals surface area contributed by atoms with Gasteiger partial charge in [-0.05, 0) is 32.6 Å². The number of primary amides is 1. The molecule has 0 aliphatic carbocycles. The molecule has 0 saturated carbocycles. The van der Waals surface area contributed by atoms with Gasteiger partial charge in [-0.15, -0.1) is 12.4 Å². The number of carbonyl (C=O) groups excluding carboxylic acids is 2. The summed E-state index contributed by atoms with van der Waals surface area (Å²) in [6, 6.07) is -0.661. The van der Waals surface area contributed by atoms with Gasteiger partial charge in [0.2, 0.25) is 11.8 Å². The first-order valence-electron chi connectivity index (χ1n) is 6.35. The van der Waals surface area contributed by atoms with Crippen molar-refractivity contribution >= 4 is 24.2 Å². The summed E-state index contributed by atoms with van der Waals surface area (Å²) in [5.74, 6) is -0.590. The summed E-state index contributed by atoms with van der Waals surface area (Å²) in [5.41, 5.74) is 11.2. The number of hydrogen-bond acceptors (Lipinski definition) is 4. The molecule has 0 aromatic rings. The molecule has 1 aliphatic heterocycles. The number of hydrogen-bond donors (Lipinski definition) is 2. The fourth-order valence-corrected chi connectivity index (χ4v) is 2.15. The quantitative estimate of drug-likeness (QED) is 0.738. The maximum atomic E-state index is 12.3. The topological polar surface area (TPSA) is 98.7 Å². The molecular formula is C12H24ClN3O3. The SMILES string of the molecule is CC(C)N(CC(N)=O)C(=O)C(N)C1CCOCC1.Cl. The zero-order chi connectivity index (χ0) is 13.7. The molecule has 1 aliphatic rings. The van der Waals surface area contributed by atoms with Crippen LogP contribution in [0.4, 0.5) is 0 Å². The number of amides is 2. The molecule has 6 nitrogen and oxygen atoms in total. The van der Waals surface area contributed by atoms with E-state index in [1.807, 2.05) is 13.8 Å². The molecule has 0 aromatic carbocycles. The van der Waals surface area contributed by atoms with Gasteiger partial charge in [0.05, 0.1) is 12.6 Å². The maximum absolute atomic E-state index is 12.3. The second-order valence-electron chi connectivity index (χ2n) is 5.00. The number of nitrogens with two attached hydrogens (primary N) is 2. The van der Waals surface area contributed by atoms with E-state index >= 15 is 0 Å². The standard InChI is InChI=1S/C12H23N3O3.ClH/c1-8(2)15(7-10(13)16)12(17)11(14)9-3-5-18-6-4-9;/h8-9,11H,3-7,14H2,1-2H3,(H2,13,16);1H. The molecule has 0 aromatic heterocycles. The Kier molecular flexibility index (Phi) is 7.97. The van der Waals surface area contributed by atoms with Crippen LogP contribution in [0.15, 0.2) is 0 Å². The molecule has 0 spiro atoms. The summed E-state index contributed by atoms with van der Waals surface area (Å²) in [4.78, 5) is 24.7. The molecule has 0 radical (unpaired) electrons. The highest BCUT2D eigenvalue weighted by molar-refractivity contribution is 5.87. The molecule has 112 valence electrons. The Bertz CT molecular complexity index is 307. The fraction of sp³-hybridized carbons (Fsp3) is 0.833. The lowest BCUT2D eigenvalue weighted by atomic mass is 9.91. The van der Waals surface area contributed by atoms with Crippen LogP contribution in [-0.4, -0.2) is 48.6 Å². The van der Waals surface area contributed by atoms with Crippen molar-refractivity contribution in [1.29, 1.82) is 0 Å². The Hall–Kier alpha value is -0.850. The number of rotatable bonds is 5. The summed E-state index contributed by atoms with van der Waals surface area (Å²) >= 11 is 0. The zero-order valence-electron chi connectivity index (χ0n) is 11.5. The summed E-state index contributed by atoms with van der Waals surface area (Å²) in [6.45, 7) is 4.90. The largest absolute Gasteiger partial charge is 0.381 e. The highest BCUT2D eigenvalue weighted by atomic mass is 35.5. The Morgan fingerprint density at radius 1 is 1.32 bits per heavy atom. The number of halogens is 1. The van der Waals surface area contributed by atoms with E-state index in [2.05, 4.69) is 0 Å². The van der Waals surface area contributed by atoms with Crippen molar-refractivity contribution in [2.45, 2.75) is 38.8 Å². The molecular weight excluding hydrogens is 270 g/mol. The third-order valence-corrected chi connectivity index (χ3v) is 3.29. The van der Waals surface area contributed by atoms with Crippen LogP contribution >= 0.6 is 12.4 Å². The van der Waals surface area contributed by atoms with Crippen LogP contribution < -0.4 is 11.5 Å². The van der Waals surface area contributed by atoms with Gasteiger partial charge in [-0.1, -0.05) is 0 Å². The van der Waals surface area contributed by atoms with E-state index in [-0.39, 0.29) is 36.8 Å². The van der Waals surface area contributed by atoms with Crippen LogP contribution in [0.3, 0.4) is 0 Å². The normalized spacial score (nSPS) is 17.7. The van der Waals surface area contributed by atoms with Crippen LogP contribution in [0.5, 0.6) is 0 Å². The molecule has 4 N–H and O–H groups in total. The highest BCUT2D eigenvalue weighted by Crippen LogP contribution is 2.19. The van der Waals surface area contributed by atoms with Crippen molar-refractivity contribution < 1.29 is 14.3 Å². The van der Waals surface area contributed by atoms with Gasteiger partial charge in [0, 0.05) is 19.3 Å². The van der Waals surface area contributed by atoms with Gasteiger partial charge in [0.25, 0.3) is 0 Å². The number of carbonyl (C=O) groups is 2. The predicted octanol–water partition coefficient (Wildman–Crippen LogP) is -0.116. The average molecular weight is 294 g/mol. The second-order valence-corrected chi connectivity index (χ2v) is 5.00. The van der Waals surface area contributed by atoms with E-state index in [9.17, 15) is 9.59 Å². The predicted molar refractivity (Wildman–Crippen MR) is 74.8 cm³/mol. The van der Waals surface area contributed by atoms with E-state index in [4.69, 9.17) is 16.2 Å². The monoisotopic (exact) mass is 293 g/mol. The van der Waals surface area contributed by atoms with E-state index in [0.29, 0.717) is 13.2 Å². The fourth-order valence-electron chi connectivity index (χ4n) is 2.15. The first kappa shape index (κ1) is 18.1. The van der Waals surface area contributed by atoms with Gasteiger partial charge in [0.1, 0.15) is 0 Å². The van der Waals surface area contributed by atoms with Crippen molar-refractivity contribution in [1.82, 2.24) is 4.90 Å². The maximum Gasteiger partial charge on any atom is 0.240 e. The third-order valence-electron chi connectivity index (χ3n) is 3.29. The molecule has 1 rings (SSSR count). The zero-order valence-corrected chi connectivity index (χ0v) is 12.3. The molecule has 2 amide bonds. The Morgan fingerprint density at radius 2 is 1.84 bits per heavy atom. The van der Waals surface area contributed by atoms with Crippen LogP contribution in [0.1, 0.15) is 26.7 Å². The van der Waals surface area contributed by atoms with Crippen LogP contribution in [0, 0.1) is 5.92 Å². The summed E-state index contributed by atoms with van der Waals surface area (Å²) < 4.78 is 5.25. The van der Waals surface area contributed by atoms with Gasteiger partial charge in [0.15, 0.2) is 0 Å². The van der Waals surface area contributed by atoms with E-state index in [1.165, 1.54) is 4.90 Å². The highest BCUT2D eigenvalue weighted by Gasteiger charge is 2.31. The minimum Gasteiger partial charge on any atom is -0.381 e. The molecule has 19 heavy (non-hydrogen) atoms. The van der Waals surface area contributed by atoms with Gasteiger partial charge in [-0.25, -0.2) is 0 Å². The first-order chi connectivity index (χ1) is 8.43. The lowest BCUT2D eigenvalue weighted by Crippen LogP contribution is -2.53. The molecule has 7 heteroatoms. The molecule has 0 bridgehead atoms. The third kappa shape index (κ3) is 5.34. The first-order valence-corrected chi connectivity index (χ1v) is 6.35. The van der Waals surface area contributed by atoms with Gasteiger partial charge in [-0.3, -0.25) is 9.59 Å².